The lowest BCUT2D eigenvalue weighted by Gasteiger charge is -2.41. The van der Waals surface area contributed by atoms with E-state index in [-0.39, 0.29) is 59.9 Å². The smallest absolute Gasteiger partial charge is 0.412 e. The van der Waals surface area contributed by atoms with Crippen LogP contribution in [0, 0.1) is 23.7 Å². The zero-order valence-electron chi connectivity index (χ0n) is 43.6. The van der Waals surface area contributed by atoms with Crippen molar-refractivity contribution in [3.63, 3.8) is 0 Å². The summed E-state index contributed by atoms with van der Waals surface area (Å²) in [7, 11) is 6.77. The predicted octanol–water partition coefficient (Wildman–Crippen LogP) is 8.11. The van der Waals surface area contributed by atoms with Crippen LogP contribution >= 0.6 is 11.3 Å². The first kappa shape index (κ1) is 56.7. The highest BCUT2D eigenvalue weighted by atomic mass is 32.1. The van der Waals surface area contributed by atoms with Gasteiger partial charge in [0.05, 0.1) is 48.7 Å². The van der Waals surface area contributed by atoms with E-state index in [0.29, 0.717) is 38.0 Å². The lowest BCUT2D eigenvalue weighted by Crippen LogP contribution is -2.60. The average molecular weight is 976 g/mol. The normalized spacial score (nSPS) is 17.6. The van der Waals surface area contributed by atoms with Crippen LogP contribution in [0.5, 0.6) is 0 Å². The molecular weight excluding hydrogens is 895 g/mol. The molecule has 1 fully saturated rings. The van der Waals surface area contributed by atoms with Crippen molar-refractivity contribution in [2.24, 2.45) is 23.7 Å². The molecule has 1 aromatic heterocycles. The summed E-state index contributed by atoms with van der Waals surface area (Å²) in [6, 6.07) is 14.8. The van der Waals surface area contributed by atoms with E-state index in [1.165, 1.54) is 11.3 Å². The van der Waals surface area contributed by atoms with Crippen molar-refractivity contribution in [3.8, 4) is 0 Å². The number of rotatable bonds is 24. The summed E-state index contributed by atoms with van der Waals surface area (Å²) in [5.41, 5.74) is 1.89. The molecule has 1 saturated heterocycles. The van der Waals surface area contributed by atoms with Gasteiger partial charge in [-0.3, -0.25) is 29.4 Å². The van der Waals surface area contributed by atoms with E-state index in [1.807, 2.05) is 119 Å². The number of aromatic nitrogens is 1. The molecule has 2 aromatic carbocycles. The van der Waals surface area contributed by atoms with E-state index in [9.17, 15) is 24.0 Å². The van der Waals surface area contributed by atoms with Crippen LogP contribution in [-0.4, -0.2) is 126 Å². The molecule has 0 saturated carbocycles. The van der Waals surface area contributed by atoms with Gasteiger partial charge in [0.15, 0.2) is 0 Å². The van der Waals surface area contributed by atoms with Crippen molar-refractivity contribution in [2.45, 2.75) is 156 Å². The van der Waals surface area contributed by atoms with Crippen LogP contribution < -0.4 is 16.0 Å². The van der Waals surface area contributed by atoms with Gasteiger partial charge in [-0.1, -0.05) is 97.4 Å². The van der Waals surface area contributed by atoms with Gasteiger partial charge in [-0.25, -0.2) is 9.78 Å². The first-order valence-corrected chi connectivity index (χ1v) is 25.4. The topological polar surface area (TPSA) is 172 Å². The average Bonchev–Trinajstić information content (AvgIpc) is 4.01. The number of nitrogens with zero attached hydrogens (tertiary/aromatic N) is 4. The molecule has 1 aliphatic heterocycles. The molecule has 3 N–H and O–H groups in total. The molecule has 0 aliphatic carbocycles. The van der Waals surface area contributed by atoms with E-state index >= 15 is 0 Å². The van der Waals surface area contributed by atoms with E-state index in [1.54, 1.807) is 59.2 Å². The molecule has 5 amide bonds. The van der Waals surface area contributed by atoms with Crippen LogP contribution in [0.25, 0.3) is 0 Å². The van der Waals surface area contributed by atoms with Gasteiger partial charge in [-0.2, -0.15) is 0 Å². The third-order valence-corrected chi connectivity index (χ3v) is 14.1. The number of carbonyl (C=O) groups is 5. The van der Waals surface area contributed by atoms with E-state index in [4.69, 9.17) is 14.2 Å². The van der Waals surface area contributed by atoms with Gasteiger partial charge in [0.1, 0.15) is 16.7 Å². The SMILES string of the molecule is CCC(C)C(C(CC(=O)N1CCCC1C(OC)C(C)C(=O)NC(Cc1ccccc1)c1nccs1)OC)N(C)C(=O)C(NC(=O)C(C(C)C)N(C)Cc1cccc(NC(=O)OC(C)(C)C)c1)C(C)C. The van der Waals surface area contributed by atoms with Gasteiger partial charge in [-0.15, -0.1) is 11.3 Å². The first-order chi connectivity index (χ1) is 32.6. The Morgan fingerprint density at radius 1 is 0.884 bits per heavy atom. The fraction of sp³-hybridized carbons (Fsp3) is 0.623. The lowest BCUT2D eigenvalue weighted by atomic mass is 9.89. The maximum Gasteiger partial charge on any atom is 0.412 e. The zero-order valence-corrected chi connectivity index (χ0v) is 44.4. The van der Waals surface area contributed by atoms with E-state index < -0.39 is 47.9 Å². The van der Waals surface area contributed by atoms with Crippen LogP contribution in [0.15, 0.2) is 66.2 Å². The monoisotopic (exact) mass is 976 g/mol. The summed E-state index contributed by atoms with van der Waals surface area (Å²) in [5, 5.41) is 11.9. The van der Waals surface area contributed by atoms with E-state index in [0.717, 1.165) is 22.6 Å². The van der Waals surface area contributed by atoms with Gasteiger partial charge in [-0.05, 0) is 88.1 Å². The minimum absolute atomic E-state index is 0.00719. The Labute approximate surface area is 415 Å². The highest BCUT2D eigenvalue weighted by Gasteiger charge is 2.43. The highest BCUT2D eigenvalue weighted by Crippen LogP contribution is 2.31. The van der Waals surface area contributed by atoms with E-state index in [2.05, 4.69) is 20.9 Å². The number of anilines is 1. The molecule has 382 valence electrons. The number of likely N-dealkylation sites (N-methyl/N-ethyl adjacent to an activating group) is 2. The lowest BCUT2D eigenvalue weighted by molar-refractivity contribution is -0.148. The van der Waals surface area contributed by atoms with Crippen LogP contribution in [0.1, 0.15) is 117 Å². The molecule has 9 atom stereocenters. The summed E-state index contributed by atoms with van der Waals surface area (Å²) < 4.78 is 17.6. The number of nitrogens with one attached hydrogen (secondary N) is 3. The van der Waals surface area contributed by atoms with Crippen molar-refractivity contribution in [2.75, 3.05) is 40.2 Å². The number of hydrogen-bond donors (Lipinski definition) is 3. The van der Waals surface area contributed by atoms with Gasteiger partial charge >= 0.3 is 6.09 Å². The van der Waals surface area contributed by atoms with Gasteiger partial charge in [0, 0.05) is 51.6 Å². The molecule has 69 heavy (non-hydrogen) atoms. The number of likely N-dealkylation sites (tertiary alicyclic amines) is 1. The number of benzene rings is 2. The predicted molar refractivity (Wildman–Crippen MR) is 272 cm³/mol. The third kappa shape index (κ3) is 16.1. The van der Waals surface area contributed by atoms with Crippen LogP contribution in [-0.2, 0) is 46.4 Å². The summed E-state index contributed by atoms with van der Waals surface area (Å²) in [5.74, 6) is -1.89. The molecule has 1 aliphatic rings. The Kier molecular flexibility index (Phi) is 21.6. The summed E-state index contributed by atoms with van der Waals surface area (Å²) in [4.78, 5) is 80.0. The van der Waals surface area contributed by atoms with Crippen molar-refractivity contribution in [1.82, 2.24) is 30.3 Å². The molecule has 0 spiro atoms. The number of thiazole rings is 1. The largest absolute Gasteiger partial charge is 0.444 e. The highest BCUT2D eigenvalue weighted by molar-refractivity contribution is 7.09. The molecule has 0 bridgehead atoms. The second-order valence-electron chi connectivity index (χ2n) is 20.4. The molecule has 2 heterocycles. The minimum Gasteiger partial charge on any atom is -0.444 e. The summed E-state index contributed by atoms with van der Waals surface area (Å²) in [6.45, 7) is 20.0. The second-order valence-corrected chi connectivity index (χ2v) is 21.3. The van der Waals surface area contributed by atoms with Crippen LogP contribution in [0.3, 0.4) is 0 Å². The van der Waals surface area contributed by atoms with Crippen molar-refractivity contribution in [1.29, 1.82) is 0 Å². The molecule has 9 unspecified atom stereocenters. The van der Waals surface area contributed by atoms with Gasteiger partial charge in [0.2, 0.25) is 23.6 Å². The third-order valence-electron chi connectivity index (χ3n) is 13.2. The van der Waals surface area contributed by atoms with Crippen LogP contribution in [0.4, 0.5) is 10.5 Å². The standard InChI is InChI=1S/C53H81N7O8S/c1-15-35(6)46(59(12)51(64)44(33(2)3)57-49(63)45(34(4)5)58(11)32-38-23-19-24-39(29-38)55-52(65)68-53(8,9)10)42(66-13)31-43(61)60-27-20-25-41(60)47(67-14)36(7)48(62)56-40(50-54-26-28-69-50)30-37-21-17-16-18-22-37/h16-19,21-24,26,28-29,33-36,40-42,44-47H,15,20,25,27,30-32H2,1-14H3,(H,55,65)(H,56,62)(H,57,63). The number of ether oxygens (including phenoxy) is 3. The fourth-order valence-corrected chi connectivity index (χ4v) is 10.3. The molecule has 16 heteroatoms. The number of methoxy groups -OCH3 is 2. The maximum absolute atomic E-state index is 14.7. The Morgan fingerprint density at radius 3 is 2.14 bits per heavy atom. The second kappa shape index (κ2) is 26.3. The molecule has 0 radical (unpaired) electrons. The number of carbonyl (C=O) groups excluding carboxylic acids is 5. The van der Waals surface area contributed by atoms with Crippen molar-refractivity contribution < 1.29 is 38.2 Å². The molecule has 4 rings (SSSR count). The quantitative estimate of drug-likeness (QED) is 0.0797. The number of amides is 5. The van der Waals surface area contributed by atoms with Gasteiger partial charge < -0.3 is 34.6 Å². The Bertz CT molecular complexity index is 2100. The molecular formula is C53H81N7O8S. The Balaban J connectivity index is 1.47. The van der Waals surface area contributed by atoms with Crippen LogP contribution in [0.2, 0.25) is 0 Å². The molecule has 15 nitrogen and oxygen atoms in total. The maximum atomic E-state index is 14.7. The minimum atomic E-state index is -0.862. The Morgan fingerprint density at radius 2 is 1.57 bits per heavy atom. The van der Waals surface area contributed by atoms with Crippen molar-refractivity contribution in [3.05, 3.63) is 82.3 Å². The first-order valence-electron chi connectivity index (χ1n) is 24.5. The van der Waals surface area contributed by atoms with Crippen molar-refractivity contribution >= 4 is 46.7 Å². The van der Waals surface area contributed by atoms with Gasteiger partial charge in [0.25, 0.3) is 0 Å². The fourth-order valence-electron chi connectivity index (χ4n) is 9.60. The summed E-state index contributed by atoms with van der Waals surface area (Å²) >= 11 is 1.50. The summed E-state index contributed by atoms with van der Waals surface area (Å²) in [6.07, 6.45) is 2.67. The zero-order chi connectivity index (χ0) is 51.2. The molecule has 3 aromatic rings. The Hall–Kier alpha value is -4.90. The number of hydrogen-bond acceptors (Lipinski definition) is 11.